The van der Waals surface area contributed by atoms with Gasteiger partial charge >= 0.3 is 0 Å². The molecule has 0 aromatic heterocycles. The maximum atomic E-state index is 2.31. The lowest BCUT2D eigenvalue weighted by Gasteiger charge is -1.90. The summed E-state index contributed by atoms with van der Waals surface area (Å²) in [5.41, 5.74) is 0. The van der Waals surface area contributed by atoms with E-state index < -0.39 is 0 Å². The van der Waals surface area contributed by atoms with Crippen LogP contribution in [0.25, 0.3) is 0 Å². The molecule has 9 heavy (non-hydrogen) atoms. The molecule has 0 fully saturated rings. The highest BCUT2D eigenvalue weighted by molar-refractivity contribution is 6.54. The van der Waals surface area contributed by atoms with Crippen LogP contribution in [0.15, 0.2) is 0 Å². The highest BCUT2D eigenvalue weighted by Gasteiger charge is 1.71. The van der Waals surface area contributed by atoms with E-state index in [1.54, 1.807) is 0 Å². The summed E-state index contributed by atoms with van der Waals surface area (Å²) in [6.07, 6.45) is 0. The Morgan fingerprint density at radius 1 is 0.889 bits per heavy atom. The summed E-state index contributed by atoms with van der Waals surface area (Å²) < 4.78 is 0. The standard InChI is InChI=1S/C3H9N.C3H10Si.CH4/c2*1-4(2)3;/h1-3H3;4H,1-3H3;1H4. The van der Waals surface area contributed by atoms with Gasteiger partial charge in [-0.15, -0.1) is 0 Å². The predicted molar refractivity (Wildman–Crippen MR) is 51.1 cm³/mol. The molecular weight excluding hydrogens is 126 g/mol. The van der Waals surface area contributed by atoms with E-state index in [0.29, 0.717) is 0 Å². The second kappa shape index (κ2) is 11.0. The zero-order valence-electron chi connectivity index (χ0n) is 7.02. The highest BCUT2D eigenvalue weighted by Crippen LogP contribution is 1.68. The van der Waals surface area contributed by atoms with E-state index in [0.717, 1.165) is 0 Å². The summed E-state index contributed by atoms with van der Waals surface area (Å²) in [7, 11) is 5.86. The third-order valence-electron chi connectivity index (χ3n) is 0. The lowest BCUT2D eigenvalue weighted by molar-refractivity contribution is 0.505. The maximum absolute atomic E-state index is 2.31. The number of rotatable bonds is 0. The van der Waals surface area contributed by atoms with Crippen molar-refractivity contribution >= 4 is 8.80 Å². The van der Waals surface area contributed by atoms with Crippen molar-refractivity contribution in [1.29, 1.82) is 0 Å². The molecule has 0 unspecified atom stereocenters. The van der Waals surface area contributed by atoms with E-state index in [2.05, 4.69) is 19.6 Å². The van der Waals surface area contributed by atoms with Crippen molar-refractivity contribution in [2.45, 2.75) is 27.1 Å². The van der Waals surface area contributed by atoms with Gasteiger partial charge in [0.25, 0.3) is 0 Å². The van der Waals surface area contributed by atoms with Crippen LogP contribution >= 0.6 is 0 Å². The van der Waals surface area contributed by atoms with Crippen LogP contribution in [0.3, 0.4) is 0 Å². The molecule has 0 spiro atoms. The van der Waals surface area contributed by atoms with E-state index in [4.69, 9.17) is 0 Å². The fourth-order valence-corrected chi connectivity index (χ4v) is 0. The van der Waals surface area contributed by atoms with Gasteiger partial charge in [-0.2, -0.15) is 0 Å². The summed E-state index contributed by atoms with van der Waals surface area (Å²) in [6.45, 7) is 6.92. The zero-order chi connectivity index (χ0) is 7.15. The Hall–Kier alpha value is 0.177. The zero-order valence-corrected chi connectivity index (χ0v) is 8.18. The van der Waals surface area contributed by atoms with Crippen LogP contribution < -0.4 is 0 Å². The predicted octanol–water partition coefficient (Wildman–Crippen LogP) is 1.92. The Morgan fingerprint density at radius 2 is 0.889 bits per heavy atom. The molecule has 60 valence electrons. The van der Waals surface area contributed by atoms with Gasteiger partial charge in [0.1, 0.15) is 0 Å². The van der Waals surface area contributed by atoms with Crippen LogP contribution in [0, 0.1) is 0 Å². The lowest BCUT2D eigenvalue weighted by atomic mass is 11.0. The fraction of sp³-hybridized carbons (Fsp3) is 1.00. The average Bonchev–Trinajstić information content (AvgIpc) is 1.25. The Morgan fingerprint density at radius 3 is 0.889 bits per heavy atom. The molecule has 2 heteroatoms. The van der Waals surface area contributed by atoms with Crippen molar-refractivity contribution in [2.24, 2.45) is 0 Å². The van der Waals surface area contributed by atoms with Crippen LogP contribution in [0.5, 0.6) is 0 Å². The van der Waals surface area contributed by atoms with Crippen molar-refractivity contribution in [3.8, 4) is 0 Å². The Balaban J connectivity index is -0.0000000720. The van der Waals surface area contributed by atoms with E-state index in [-0.39, 0.29) is 16.2 Å². The molecular formula is C7H23NSi. The second-order valence-corrected chi connectivity index (χ2v) is 6.54. The van der Waals surface area contributed by atoms with Crippen LogP contribution in [0.2, 0.25) is 19.6 Å². The smallest absolute Gasteiger partial charge is 0.0274 e. The third-order valence-corrected chi connectivity index (χ3v) is 0. The van der Waals surface area contributed by atoms with Gasteiger partial charge in [-0.25, -0.2) is 0 Å². The first-order valence-electron chi connectivity index (χ1n) is 3.07. The summed E-state index contributed by atoms with van der Waals surface area (Å²) in [5.74, 6) is 0. The Labute approximate surface area is 62.7 Å². The fourth-order valence-electron chi connectivity index (χ4n) is 0. The first-order chi connectivity index (χ1) is 3.46. The van der Waals surface area contributed by atoms with Gasteiger partial charge in [-0.05, 0) is 21.1 Å². The molecule has 0 aromatic carbocycles. The van der Waals surface area contributed by atoms with Gasteiger partial charge in [-0.1, -0.05) is 27.1 Å². The molecule has 0 atom stereocenters. The number of nitrogens with zero attached hydrogens (tertiary/aromatic N) is 1. The van der Waals surface area contributed by atoms with Crippen molar-refractivity contribution in [2.75, 3.05) is 21.1 Å². The Bertz CT molecular complexity index is 24.4. The molecule has 0 N–H and O–H groups in total. The van der Waals surface area contributed by atoms with E-state index in [1.165, 1.54) is 0 Å². The number of hydrogen-bond donors (Lipinski definition) is 0. The molecule has 0 heterocycles. The molecule has 0 radical (unpaired) electrons. The molecule has 0 aromatic rings. The normalized spacial score (nSPS) is 8.00. The first-order valence-corrected chi connectivity index (χ1v) is 6.54. The monoisotopic (exact) mass is 149 g/mol. The maximum Gasteiger partial charge on any atom is 0.0274 e. The molecule has 1 nitrogen and oxygen atoms in total. The molecule has 0 saturated carbocycles. The molecule has 0 aliphatic carbocycles. The lowest BCUT2D eigenvalue weighted by Crippen LogP contribution is -1.99. The molecule has 0 amide bonds. The minimum absolute atomic E-state index is 0. The topological polar surface area (TPSA) is 3.24 Å². The van der Waals surface area contributed by atoms with Crippen molar-refractivity contribution in [1.82, 2.24) is 4.90 Å². The summed E-state index contributed by atoms with van der Waals surface area (Å²) in [4.78, 5) is 2.00. The largest absolute Gasteiger partial charge is 0.312 e. The molecule has 0 saturated heterocycles. The van der Waals surface area contributed by atoms with Crippen molar-refractivity contribution < 1.29 is 0 Å². The first kappa shape index (κ1) is 16.1. The molecule has 0 aliphatic rings. The highest BCUT2D eigenvalue weighted by atomic mass is 28.3. The van der Waals surface area contributed by atoms with Crippen LogP contribution in [0.4, 0.5) is 0 Å². The molecule has 0 aliphatic heterocycles. The van der Waals surface area contributed by atoms with E-state index >= 15 is 0 Å². The van der Waals surface area contributed by atoms with E-state index in [9.17, 15) is 0 Å². The quantitative estimate of drug-likeness (QED) is 0.476. The van der Waals surface area contributed by atoms with Crippen LogP contribution in [-0.4, -0.2) is 34.8 Å². The third kappa shape index (κ3) is 9970. The van der Waals surface area contributed by atoms with Crippen LogP contribution in [0.1, 0.15) is 7.43 Å². The van der Waals surface area contributed by atoms with Crippen molar-refractivity contribution in [3.63, 3.8) is 0 Å². The average molecular weight is 149 g/mol. The van der Waals surface area contributed by atoms with Gasteiger partial charge in [0.2, 0.25) is 0 Å². The summed E-state index contributed by atoms with van der Waals surface area (Å²) >= 11 is 0. The number of hydrogen-bond acceptors (Lipinski definition) is 1. The van der Waals surface area contributed by atoms with Crippen molar-refractivity contribution in [3.05, 3.63) is 0 Å². The Kier molecular flexibility index (Phi) is 19.7. The van der Waals surface area contributed by atoms with Crippen LogP contribution in [-0.2, 0) is 0 Å². The molecule has 0 bridgehead atoms. The van der Waals surface area contributed by atoms with Gasteiger partial charge < -0.3 is 4.90 Å². The second-order valence-electron chi connectivity index (χ2n) is 3.07. The minimum atomic E-state index is -0.139. The van der Waals surface area contributed by atoms with Gasteiger partial charge in [0.05, 0.1) is 0 Å². The van der Waals surface area contributed by atoms with E-state index in [1.807, 2.05) is 26.0 Å². The summed E-state index contributed by atoms with van der Waals surface area (Å²) in [5, 5.41) is 0. The molecule has 0 rings (SSSR count). The SMILES string of the molecule is C.CN(C)C.C[SiH](C)C. The summed E-state index contributed by atoms with van der Waals surface area (Å²) in [6, 6.07) is 0. The van der Waals surface area contributed by atoms with Gasteiger partial charge in [0.15, 0.2) is 0 Å². The minimum Gasteiger partial charge on any atom is -0.312 e. The van der Waals surface area contributed by atoms with Gasteiger partial charge in [-0.3, -0.25) is 0 Å². The van der Waals surface area contributed by atoms with Gasteiger partial charge in [0, 0.05) is 8.80 Å².